The van der Waals surface area contributed by atoms with Crippen LogP contribution in [0.15, 0.2) is 53.3 Å². The second-order valence-corrected chi connectivity index (χ2v) is 13.8. The molecule has 12 heteroatoms. The third kappa shape index (κ3) is 6.23. The fourth-order valence-corrected chi connectivity index (χ4v) is 8.20. The van der Waals surface area contributed by atoms with Crippen LogP contribution in [0.3, 0.4) is 0 Å². The Kier molecular flexibility index (Phi) is 10.3. The first-order valence-corrected chi connectivity index (χ1v) is 17.0. The highest BCUT2D eigenvalue weighted by atomic mass is 16.3. The van der Waals surface area contributed by atoms with Gasteiger partial charge in [-0.3, -0.25) is 29.1 Å². The number of aryl methyl sites for hydroxylation is 1. The summed E-state index contributed by atoms with van der Waals surface area (Å²) in [4.78, 5) is 58.8. The number of hydrogen-bond acceptors (Lipinski definition) is 10. The van der Waals surface area contributed by atoms with Crippen molar-refractivity contribution >= 4 is 23.4 Å². The quantitative estimate of drug-likeness (QED) is 0.181. The Labute approximate surface area is 285 Å². The van der Waals surface area contributed by atoms with Crippen molar-refractivity contribution in [3.8, 4) is 5.75 Å². The summed E-state index contributed by atoms with van der Waals surface area (Å²) in [6.07, 6.45) is 8.82. The van der Waals surface area contributed by atoms with E-state index in [0.29, 0.717) is 29.0 Å². The number of phenols is 1. The van der Waals surface area contributed by atoms with E-state index in [1.807, 2.05) is 6.07 Å². The van der Waals surface area contributed by atoms with Gasteiger partial charge in [0.1, 0.15) is 22.8 Å². The maximum atomic E-state index is 14.4. The van der Waals surface area contributed by atoms with Crippen LogP contribution in [0.25, 0.3) is 0 Å². The lowest BCUT2D eigenvalue weighted by molar-refractivity contribution is -0.148. The lowest BCUT2D eigenvalue weighted by Crippen LogP contribution is -2.63. The van der Waals surface area contributed by atoms with Crippen LogP contribution < -0.4 is 11.1 Å². The van der Waals surface area contributed by atoms with E-state index in [1.165, 1.54) is 11.1 Å². The Hall–Kier alpha value is -4.55. The molecule has 1 heterocycles. The number of nitrogens with two attached hydrogens (primary N) is 1. The number of carbonyl (C=O) groups excluding carboxylic acids is 4. The number of carbonyl (C=O) groups is 4. The average Bonchev–Trinajstić information content (AvgIpc) is 3.05. The molecule has 1 aromatic carbocycles. The minimum Gasteiger partial charge on any atom is -0.510 e. The molecule has 0 spiro atoms. The van der Waals surface area contributed by atoms with Gasteiger partial charge in [0.25, 0.3) is 11.8 Å². The van der Waals surface area contributed by atoms with Crippen molar-refractivity contribution < 1.29 is 39.6 Å². The molecule has 2 amide bonds. The molecule has 0 saturated carbocycles. The fourth-order valence-electron chi connectivity index (χ4n) is 8.20. The van der Waals surface area contributed by atoms with Crippen molar-refractivity contribution in [3.63, 3.8) is 0 Å². The fraction of sp³-hybridized carbons (Fsp3) is 0.486. The largest absolute Gasteiger partial charge is 0.510 e. The number of amides is 2. The zero-order chi connectivity index (χ0) is 35.8. The van der Waals surface area contributed by atoms with Gasteiger partial charge < -0.3 is 31.5 Å². The van der Waals surface area contributed by atoms with Gasteiger partial charge in [-0.25, -0.2) is 0 Å². The van der Waals surface area contributed by atoms with E-state index in [9.17, 15) is 39.6 Å². The van der Waals surface area contributed by atoms with Crippen LogP contribution in [0.1, 0.15) is 89.8 Å². The second kappa shape index (κ2) is 14.1. The molecule has 0 bridgehead atoms. The van der Waals surface area contributed by atoms with E-state index in [4.69, 9.17) is 5.73 Å². The van der Waals surface area contributed by atoms with Crippen LogP contribution >= 0.6 is 0 Å². The highest BCUT2D eigenvalue weighted by Gasteiger charge is 2.63. The number of likely N-dealkylation sites (N-methyl/N-ethyl adjacent to an activating group) is 1. The summed E-state index contributed by atoms with van der Waals surface area (Å²) in [7, 11) is 3.20. The molecule has 7 N–H and O–H groups in total. The number of pyridine rings is 1. The van der Waals surface area contributed by atoms with E-state index in [0.717, 1.165) is 37.7 Å². The van der Waals surface area contributed by atoms with Crippen molar-refractivity contribution in [2.75, 3.05) is 14.1 Å². The van der Waals surface area contributed by atoms with Crippen molar-refractivity contribution in [3.05, 3.63) is 81.1 Å². The van der Waals surface area contributed by atoms with Gasteiger partial charge >= 0.3 is 0 Å². The summed E-state index contributed by atoms with van der Waals surface area (Å²) in [5.74, 6) is -6.90. The zero-order valence-electron chi connectivity index (χ0n) is 28.5. The minimum atomic E-state index is -2.72. The molecule has 1 unspecified atom stereocenters. The highest BCUT2D eigenvalue weighted by Crippen LogP contribution is 2.53. The van der Waals surface area contributed by atoms with Crippen molar-refractivity contribution in [2.24, 2.45) is 23.5 Å². The predicted octanol–water partition coefficient (Wildman–Crippen LogP) is 3.59. The van der Waals surface area contributed by atoms with E-state index in [-0.39, 0.29) is 36.3 Å². The van der Waals surface area contributed by atoms with E-state index in [1.54, 1.807) is 32.4 Å². The Morgan fingerprint density at radius 3 is 2.39 bits per heavy atom. The number of rotatable bonds is 12. The number of benzene rings is 1. The van der Waals surface area contributed by atoms with Crippen LogP contribution in [0.4, 0.5) is 0 Å². The van der Waals surface area contributed by atoms with Crippen LogP contribution in [0.5, 0.6) is 5.75 Å². The molecule has 5 rings (SSSR count). The zero-order valence-corrected chi connectivity index (χ0v) is 28.5. The van der Waals surface area contributed by atoms with E-state index in [2.05, 4.69) is 24.1 Å². The molecule has 3 aliphatic carbocycles. The van der Waals surface area contributed by atoms with Gasteiger partial charge in [0.05, 0.1) is 17.2 Å². The standard InChI is InChI=1S/C37H46N4O8/c1-5-8-19(9-6-2)11-12-20-14-23(18-40-36(48)21-10-7-13-39-17-21)30(42)27-24(20)15-22-16-25-29(41(3)4)32(44)28(35(38)47)34(46)37(25,49)33(45)26(22)31(27)43/h7,10,13-14,17,19,22,25,29,42,44-45,49H,5-6,8-9,11-12,15-16,18H2,1-4H3,(H2,38,47)(H,40,48)/t22?,25-,29-,37-/m0/s1. The first-order valence-electron chi connectivity index (χ1n) is 17.0. The lowest BCUT2D eigenvalue weighted by atomic mass is 9.58. The molecule has 0 saturated heterocycles. The van der Waals surface area contributed by atoms with Gasteiger partial charge in [0, 0.05) is 36.0 Å². The number of nitrogens with zero attached hydrogens (tertiary/aromatic N) is 2. The van der Waals surface area contributed by atoms with Crippen LogP contribution in [-0.2, 0) is 29.0 Å². The third-order valence-electron chi connectivity index (χ3n) is 10.5. The van der Waals surface area contributed by atoms with Crippen LogP contribution in [0, 0.1) is 17.8 Å². The smallest absolute Gasteiger partial charge is 0.255 e. The Morgan fingerprint density at radius 1 is 1.10 bits per heavy atom. The number of aromatic hydroxyl groups is 1. The number of aliphatic hydroxyl groups is 3. The predicted molar refractivity (Wildman–Crippen MR) is 181 cm³/mol. The monoisotopic (exact) mass is 674 g/mol. The summed E-state index contributed by atoms with van der Waals surface area (Å²) in [5, 5.41) is 49.1. The molecule has 12 nitrogen and oxygen atoms in total. The van der Waals surface area contributed by atoms with Gasteiger partial charge in [0.15, 0.2) is 11.4 Å². The topological polar surface area (TPSA) is 203 Å². The molecule has 0 radical (unpaired) electrons. The first-order chi connectivity index (χ1) is 23.3. The number of fused-ring (bicyclic) bond motifs is 3. The van der Waals surface area contributed by atoms with E-state index < -0.39 is 64.0 Å². The number of Topliss-reactive ketones (excluding diaryl/α,β-unsaturated/α-hetero) is 2. The van der Waals surface area contributed by atoms with Gasteiger partial charge in [0.2, 0.25) is 5.78 Å². The molecule has 49 heavy (non-hydrogen) atoms. The number of ketones is 2. The first kappa shape index (κ1) is 35.7. The Balaban J connectivity index is 1.62. The summed E-state index contributed by atoms with van der Waals surface area (Å²) < 4.78 is 0. The number of phenolic OH excluding ortho intramolecular Hbond substituents is 1. The van der Waals surface area contributed by atoms with Gasteiger partial charge in [-0.1, -0.05) is 45.6 Å². The van der Waals surface area contributed by atoms with Crippen LogP contribution in [0.2, 0.25) is 0 Å². The van der Waals surface area contributed by atoms with Crippen LogP contribution in [-0.4, -0.2) is 79.4 Å². The molecule has 1 aromatic heterocycles. The molecular formula is C37H46N4O8. The highest BCUT2D eigenvalue weighted by molar-refractivity contribution is 6.24. The lowest BCUT2D eigenvalue weighted by Gasteiger charge is -2.50. The summed E-state index contributed by atoms with van der Waals surface area (Å²) in [6.45, 7) is 4.19. The minimum absolute atomic E-state index is 0.0170. The normalized spacial score (nSPS) is 23.4. The second-order valence-electron chi connectivity index (χ2n) is 13.8. The third-order valence-corrected chi connectivity index (χ3v) is 10.5. The number of aromatic nitrogens is 1. The van der Waals surface area contributed by atoms with Gasteiger partial charge in [-0.15, -0.1) is 0 Å². The molecule has 0 fully saturated rings. The van der Waals surface area contributed by atoms with Gasteiger partial charge in [-0.05, 0) is 74.9 Å². The Bertz CT molecular complexity index is 1730. The summed E-state index contributed by atoms with van der Waals surface area (Å²) in [6, 6.07) is 4.00. The van der Waals surface area contributed by atoms with Crippen molar-refractivity contribution in [1.82, 2.24) is 15.2 Å². The average molecular weight is 675 g/mol. The SMILES string of the molecule is CCCC(CCC)CCc1cc(CNC(=O)c2cccnc2)c(O)c2c1CC1C[C@H]3[C@H](N(C)C)C(O)=C(C(N)=O)C(=O)[C@@]3(O)C(O)=C1C2=O. The molecule has 262 valence electrons. The van der Waals surface area contributed by atoms with E-state index >= 15 is 0 Å². The molecule has 3 aliphatic rings. The maximum absolute atomic E-state index is 14.4. The number of allylic oxidation sites excluding steroid dienone is 1. The molecular weight excluding hydrogens is 628 g/mol. The summed E-state index contributed by atoms with van der Waals surface area (Å²) in [5.41, 5.74) is 3.70. The molecule has 4 atom stereocenters. The molecule has 0 aliphatic heterocycles. The number of nitrogens with one attached hydrogen (secondary N) is 1. The number of primary amides is 1. The molecule has 2 aromatic rings. The Morgan fingerprint density at radius 2 is 1.80 bits per heavy atom. The van der Waals surface area contributed by atoms with Gasteiger partial charge in [-0.2, -0.15) is 0 Å². The van der Waals surface area contributed by atoms with Crippen molar-refractivity contribution in [1.29, 1.82) is 0 Å². The van der Waals surface area contributed by atoms with Crippen molar-refractivity contribution in [2.45, 2.75) is 83.4 Å². The number of hydrogen-bond donors (Lipinski definition) is 6. The number of aliphatic hydroxyl groups excluding tert-OH is 2. The summed E-state index contributed by atoms with van der Waals surface area (Å²) >= 11 is 0. The maximum Gasteiger partial charge on any atom is 0.255 e.